The highest BCUT2D eigenvalue weighted by Gasteiger charge is 2.25. The first-order valence-electron chi connectivity index (χ1n) is 9.44. The van der Waals surface area contributed by atoms with Gasteiger partial charge in [-0.25, -0.2) is 4.79 Å². The van der Waals surface area contributed by atoms with Crippen molar-refractivity contribution in [2.75, 3.05) is 50.3 Å². The number of hydrogen-bond donors (Lipinski definition) is 2. The Morgan fingerprint density at radius 2 is 1.70 bits per heavy atom. The maximum atomic E-state index is 12.7. The zero-order valence-electron chi connectivity index (χ0n) is 17.2. The van der Waals surface area contributed by atoms with E-state index in [-0.39, 0.29) is 30.4 Å². The molecule has 162 valence electrons. The van der Waals surface area contributed by atoms with Gasteiger partial charge in [-0.05, 0) is 6.92 Å². The van der Waals surface area contributed by atoms with Gasteiger partial charge >= 0.3 is 5.69 Å². The van der Waals surface area contributed by atoms with Crippen LogP contribution in [0, 0.1) is 6.92 Å². The van der Waals surface area contributed by atoms with E-state index in [1.165, 1.54) is 14.1 Å². The van der Waals surface area contributed by atoms with Crippen molar-refractivity contribution in [3.8, 4) is 0 Å². The molecule has 0 spiro atoms. The summed E-state index contributed by atoms with van der Waals surface area (Å²) in [5.41, 5.74) is 4.39. The maximum absolute atomic E-state index is 12.7. The van der Waals surface area contributed by atoms with Crippen molar-refractivity contribution < 1.29 is 14.1 Å². The summed E-state index contributed by atoms with van der Waals surface area (Å²) >= 11 is 0. The molecule has 1 amide bonds. The Morgan fingerprint density at radius 1 is 1.10 bits per heavy atom. The van der Waals surface area contributed by atoms with Crippen molar-refractivity contribution in [3.63, 3.8) is 0 Å². The molecule has 0 aliphatic carbocycles. The van der Waals surface area contributed by atoms with Crippen LogP contribution in [0.3, 0.4) is 0 Å². The summed E-state index contributed by atoms with van der Waals surface area (Å²) in [5.74, 6) is 0.216. The number of Topliss-reactive ketones (excluding diaryl/α,β-unsaturated/α-hetero) is 1. The molecule has 0 bridgehead atoms. The van der Waals surface area contributed by atoms with Crippen LogP contribution in [0.1, 0.15) is 16.1 Å². The molecular formula is C18H25N7O5. The number of hydrogen-bond acceptors (Lipinski definition) is 9. The third-order valence-corrected chi connectivity index (χ3v) is 5.08. The number of nitrogens with zero attached hydrogens (tertiary/aromatic N) is 5. The van der Waals surface area contributed by atoms with E-state index in [0.29, 0.717) is 37.8 Å². The monoisotopic (exact) mass is 419 g/mol. The van der Waals surface area contributed by atoms with Crippen LogP contribution in [0.5, 0.6) is 0 Å². The third kappa shape index (κ3) is 4.49. The Labute approximate surface area is 171 Å². The van der Waals surface area contributed by atoms with Crippen LogP contribution in [-0.4, -0.2) is 75.0 Å². The second-order valence-corrected chi connectivity index (χ2v) is 7.31. The molecule has 3 heterocycles. The summed E-state index contributed by atoms with van der Waals surface area (Å²) in [4.78, 5) is 52.9. The largest absolute Gasteiger partial charge is 0.384 e. The zero-order valence-corrected chi connectivity index (χ0v) is 17.2. The maximum Gasteiger partial charge on any atom is 0.332 e. The number of nitrogens with two attached hydrogens (primary N) is 1. The van der Waals surface area contributed by atoms with Crippen LogP contribution in [-0.2, 0) is 18.9 Å². The van der Waals surface area contributed by atoms with Crippen molar-refractivity contribution in [3.05, 3.63) is 38.2 Å². The number of anilines is 2. The molecule has 3 rings (SSSR count). The number of nitrogens with one attached hydrogen (secondary N) is 1. The number of aryl methyl sites for hydroxylation is 1. The van der Waals surface area contributed by atoms with E-state index in [0.717, 1.165) is 9.13 Å². The molecule has 1 saturated heterocycles. The third-order valence-electron chi connectivity index (χ3n) is 5.08. The summed E-state index contributed by atoms with van der Waals surface area (Å²) in [6, 6.07) is 1.64. The van der Waals surface area contributed by atoms with Crippen LogP contribution in [0.2, 0.25) is 0 Å². The summed E-state index contributed by atoms with van der Waals surface area (Å²) in [5, 5.41) is 6.39. The smallest absolute Gasteiger partial charge is 0.332 e. The number of carbonyl (C=O) groups excluding carboxylic acids is 2. The first kappa shape index (κ1) is 21.5. The molecule has 0 aromatic carbocycles. The average molecular weight is 419 g/mol. The highest BCUT2D eigenvalue weighted by Crippen LogP contribution is 2.09. The fraction of sp³-hybridized carbons (Fsp3) is 0.500. The molecule has 1 aliphatic rings. The predicted octanol–water partition coefficient (Wildman–Crippen LogP) is -1.60. The Hall–Kier alpha value is -3.25. The lowest BCUT2D eigenvalue weighted by Crippen LogP contribution is -2.50. The van der Waals surface area contributed by atoms with Crippen molar-refractivity contribution in [1.82, 2.24) is 24.1 Å². The zero-order chi connectivity index (χ0) is 22.0. The second kappa shape index (κ2) is 8.63. The quantitative estimate of drug-likeness (QED) is 0.528. The molecule has 12 heteroatoms. The lowest BCUT2D eigenvalue weighted by atomic mass is 10.1. The van der Waals surface area contributed by atoms with Gasteiger partial charge in [0, 0.05) is 46.3 Å². The van der Waals surface area contributed by atoms with Gasteiger partial charge < -0.3 is 15.6 Å². The Morgan fingerprint density at radius 3 is 2.27 bits per heavy atom. The number of aromatic nitrogens is 3. The normalized spacial score (nSPS) is 15.3. The minimum absolute atomic E-state index is 0.00982. The summed E-state index contributed by atoms with van der Waals surface area (Å²) in [6.45, 7) is 4.21. The standard InChI is InChI=1S/C18H25N7O5/c1-11-8-13(21-30-11)20-14(27)10-25-6-4-24(5-7-25)9-12(26)15-16(19)22(2)18(29)23(3)17(15)28/h8H,4-7,9-10,19H2,1-3H3,(H,20,21,27). The topological polar surface area (TPSA) is 149 Å². The van der Waals surface area contributed by atoms with Crippen molar-refractivity contribution in [1.29, 1.82) is 0 Å². The van der Waals surface area contributed by atoms with E-state index in [2.05, 4.69) is 10.5 Å². The highest BCUT2D eigenvalue weighted by atomic mass is 16.5. The molecular weight excluding hydrogens is 394 g/mol. The van der Waals surface area contributed by atoms with E-state index < -0.39 is 17.0 Å². The first-order valence-corrected chi connectivity index (χ1v) is 9.44. The van der Waals surface area contributed by atoms with E-state index >= 15 is 0 Å². The van der Waals surface area contributed by atoms with E-state index in [1.54, 1.807) is 13.0 Å². The van der Waals surface area contributed by atoms with Crippen molar-refractivity contribution >= 4 is 23.3 Å². The number of amides is 1. The predicted molar refractivity (Wildman–Crippen MR) is 108 cm³/mol. The fourth-order valence-electron chi connectivity index (χ4n) is 3.32. The summed E-state index contributed by atoms with van der Waals surface area (Å²) in [6.07, 6.45) is 0. The average Bonchev–Trinajstić information content (AvgIpc) is 3.11. The van der Waals surface area contributed by atoms with E-state index in [4.69, 9.17) is 10.3 Å². The number of carbonyl (C=O) groups is 2. The lowest BCUT2D eigenvalue weighted by Gasteiger charge is -2.33. The van der Waals surface area contributed by atoms with Crippen molar-refractivity contribution in [2.24, 2.45) is 14.1 Å². The molecule has 2 aromatic rings. The van der Waals surface area contributed by atoms with Gasteiger partial charge in [-0.1, -0.05) is 5.16 Å². The van der Waals surface area contributed by atoms with E-state index in [9.17, 15) is 19.2 Å². The Bertz CT molecular complexity index is 1080. The van der Waals surface area contributed by atoms with Crippen LogP contribution in [0.25, 0.3) is 0 Å². The molecule has 12 nitrogen and oxygen atoms in total. The van der Waals surface area contributed by atoms with Gasteiger partial charge in [-0.2, -0.15) is 0 Å². The Kier molecular flexibility index (Phi) is 6.17. The number of ketones is 1. The van der Waals surface area contributed by atoms with Crippen LogP contribution >= 0.6 is 0 Å². The van der Waals surface area contributed by atoms with E-state index in [1.807, 2.05) is 9.80 Å². The fourth-order valence-corrected chi connectivity index (χ4v) is 3.32. The molecule has 3 N–H and O–H groups in total. The Balaban J connectivity index is 1.55. The second-order valence-electron chi connectivity index (χ2n) is 7.31. The summed E-state index contributed by atoms with van der Waals surface area (Å²) in [7, 11) is 2.73. The van der Waals surface area contributed by atoms with Gasteiger partial charge in [0.25, 0.3) is 5.56 Å². The summed E-state index contributed by atoms with van der Waals surface area (Å²) < 4.78 is 6.87. The van der Waals surface area contributed by atoms with Crippen molar-refractivity contribution in [2.45, 2.75) is 6.92 Å². The van der Waals surface area contributed by atoms with Crippen LogP contribution in [0.15, 0.2) is 20.2 Å². The first-order chi connectivity index (χ1) is 14.2. The molecule has 30 heavy (non-hydrogen) atoms. The molecule has 1 aliphatic heterocycles. The molecule has 0 saturated carbocycles. The molecule has 0 radical (unpaired) electrons. The van der Waals surface area contributed by atoms with Gasteiger partial charge in [0.05, 0.1) is 13.1 Å². The number of rotatable bonds is 6. The number of nitrogen functional groups attached to an aromatic ring is 1. The van der Waals surface area contributed by atoms with Crippen LogP contribution in [0.4, 0.5) is 11.6 Å². The molecule has 0 unspecified atom stereocenters. The van der Waals surface area contributed by atoms with Gasteiger partial charge in [-0.15, -0.1) is 0 Å². The van der Waals surface area contributed by atoms with Gasteiger partial charge in [0.1, 0.15) is 17.1 Å². The molecule has 2 aromatic heterocycles. The lowest BCUT2D eigenvalue weighted by molar-refractivity contribution is -0.117. The van der Waals surface area contributed by atoms with Gasteiger partial charge in [0.15, 0.2) is 11.6 Å². The van der Waals surface area contributed by atoms with Gasteiger partial charge in [0.2, 0.25) is 5.91 Å². The number of piperazine rings is 1. The molecule has 0 atom stereocenters. The van der Waals surface area contributed by atoms with Crippen LogP contribution < -0.4 is 22.3 Å². The SMILES string of the molecule is Cc1cc(NC(=O)CN2CCN(CC(=O)c3c(N)n(C)c(=O)n(C)c3=O)CC2)no1. The minimum Gasteiger partial charge on any atom is -0.384 e. The van der Waals surface area contributed by atoms with Gasteiger partial charge in [-0.3, -0.25) is 33.3 Å². The molecule has 1 fully saturated rings. The highest BCUT2D eigenvalue weighted by molar-refractivity contribution is 6.01. The minimum atomic E-state index is -0.695.